The van der Waals surface area contributed by atoms with Crippen molar-refractivity contribution in [2.45, 2.75) is 31.7 Å². The zero-order chi connectivity index (χ0) is 13.1. The molecule has 1 heterocycles. The summed E-state index contributed by atoms with van der Waals surface area (Å²) < 4.78 is 11.1. The van der Waals surface area contributed by atoms with Crippen LogP contribution in [0.1, 0.15) is 25.7 Å². The molecule has 1 aromatic carbocycles. The number of fused-ring (bicyclic) bond motifs is 1. The molecule has 0 bridgehead atoms. The second-order valence-electron chi connectivity index (χ2n) is 5.52. The number of rotatable bonds is 3. The molecule has 1 aromatic rings. The van der Waals surface area contributed by atoms with Gasteiger partial charge >= 0.3 is 0 Å². The molecule has 1 aliphatic carbocycles. The van der Waals surface area contributed by atoms with Crippen molar-refractivity contribution in [2.75, 3.05) is 25.1 Å². The van der Waals surface area contributed by atoms with Crippen molar-refractivity contribution in [1.82, 2.24) is 0 Å². The van der Waals surface area contributed by atoms with Crippen LogP contribution in [0.5, 0.6) is 11.5 Å². The number of hydrogen-bond donors (Lipinski definition) is 2. The van der Waals surface area contributed by atoms with Crippen molar-refractivity contribution >= 4 is 5.69 Å². The molecule has 0 saturated heterocycles. The fraction of sp³-hybridized carbons (Fsp3) is 0.600. The van der Waals surface area contributed by atoms with E-state index in [0.717, 1.165) is 42.5 Å². The summed E-state index contributed by atoms with van der Waals surface area (Å²) in [7, 11) is 0. The molecule has 0 atom stereocenters. The molecule has 0 amide bonds. The zero-order valence-electron chi connectivity index (χ0n) is 11.2. The maximum atomic E-state index is 5.93. The highest BCUT2D eigenvalue weighted by Gasteiger charge is 2.18. The lowest BCUT2D eigenvalue weighted by Crippen LogP contribution is -2.29. The molecule has 0 aromatic heterocycles. The van der Waals surface area contributed by atoms with Crippen LogP contribution in [0, 0.1) is 5.92 Å². The van der Waals surface area contributed by atoms with Gasteiger partial charge in [-0.05, 0) is 43.7 Å². The minimum atomic E-state index is 0.422. The van der Waals surface area contributed by atoms with Gasteiger partial charge in [0.25, 0.3) is 0 Å². The Morgan fingerprint density at radius 2 is 1.79 bits per heavy atom. The molecule has 4 heteroatoms. The SMILES string of the molecule is NC1CCC(CNc2ccc3c(c2)OCCO3)CC1. The summed E-state index contributed by atoms with van der Waals surface area (Å²) in [5.41, 5.74) is 7.04. The molecule has 2 aliphatic rings. The van der Waals surface area contributed by atoms with Gasteiger partial charge in [0.2, 0.25) is 0 Å². The normalized spacial score (nSPS) is 25.9. The third-order valence-electron chi connectivity index (χ3n) is 4.03. The van der Waals surface area contributed by atoms with Crippen LogP contribution in [0.3, 0.4) is 0 Å². The maximum absolute atomic E-state index is 5.93. The molecule has 1 saturated carbocycles. The van der Waals surface area contributed by atoms with Crippen molar-refractivity contribution in [3.05, 3.63) is 18.2 Å². The van der Waals surface area contributed by atoms with Crippen LogP contribution < -0.4 is 20.5 Å². The van der Waals surface area contributed by atoms with E-state index < -0.39 is 0 Å². The molecule has 0 unspecified atom stereocenters. The Bertz CT molecular complexity index is 428. The quantitative estimate of drug-likeness (QED) is 0.878. The highest BCUT2D eigenvalue weighted by molar-refractivity contribution is 5.55. The summed E-state index contributed by atoms with van der Waals surface area (Å²) in [5.74, 6) is 2.44. The molecule has 1 fully saturated rings. The van der Waals surface area contributed by atoms with E-state index in [4.69, 9.17) is 15.2 Å². The monoisotopic (exact) mass is 262 g/mol. The average Bonchev–Trinajstić information content (AvgIpc) is 2.46. The second kappa shape index (κ2) is 5.70. The minimum absolute atomic E-state index is 0.422. The van der Waals surface area contributed by atoms with E-state index >= 15 is 0 Å². The van der Waals surface area contributed by atoms with Gasteiger partial charge in [-0.2, -0.15) is 0 Å². The van der Waals surface area contributed by atoms with Crippen LogP contribution in [-0.4, -0.2) is 25.8 Å². The van der Waals surface area contributed by atoms with Crippen molar-refractivity contribution in [3.8, 4) is 11.5 Å². The summed E-state index contributed by atoms with van der Waals surface area (Å²) in [6.45, 7) is 2.30. The number of nitrogens with two attached hydrogens (primary N) is 1. The summed E-state index contributed by atoms with van der Waals surface area (Å²) in [5, 5.41) is 3.50. The van der Waals surface area contributed by atoms with E-state index in [1.54, 1.807) is 0 Å². The molecule has 3 N–H and O–H groups in total. The number of hydrogen-bond acceptors (Lipinski definition) is 4. The zero-order valence-corrected chi connectivity index (χ0v) is 11.2. The Hall–Kier alpha value is -1.42. The first kappa shape index (κ1) is 12.6. The van der Waals surface area contributed by atoms with Crippen molar-refractivity contribution in [3.63, 3.8) is 0 Å². The van der Waals surface area contributed by atoms with Gasteiger partial charge in [0.1, 0.15) is 13.2 Å². The van der Waals surface area contributed by atoms with E-state index in [-0.39, 0.29) is 0 Å². The number of nitrogens with one attached hydrogen (secondary N) is 1. The standard InChI is InChI=1S/C15H22N2O2/c16-12-3-1-11(2-4-12)10-17-13-5-6-14-15(9-13)19-8-7-18-14/h5-6,9,11-12,17H,1-4,7-8,10,16H2. The highest BCUT2D eigenvalue weighted by Crippen LogP contribution is 2.33. The Kier molecular flexibility index (Phi) is 3.78. The first-order valence-corrected chi connectivity index (χ1v) is 7.20. The lowest BCUT2D eigenvalue weighted by Gasteiger charge is -2.26. The molecular formula is C15H22N2O2. The largest absolute Gasteiger partial charge is 0.486 e. The van der Waals surface area contributed by atoms with Gasteiger partial charge in [-0.15, -0.1) is 0 Å². The second-order valence-corrected chi connectivity index (χ2v) is 5.52. The molecule has 3 rings (SSSR count). The summed E-state index contributed by atoms with van der Waals surface area (Å²) in [6, 6.07) is 6.49. The van der Waals surface area contributed by atoms with Gasteiger partial charge in [-0.1, -0.05) is 0 Å². The predicted octanol–water partition coefficient (Wildman–Crippen LogP) is 2.39. The molecule has 1 aliphatic heterocycles. The van der Waals surface area contributed by atoms with Gasteiger partial charge < -0.3 is 20.5 Å². The molecule has 19 heavy (non-hydrogen) atoms. The van der Waals surface area contributed by atoms with Crippen LogP contribution in [0.25, 0.3) is 0 Å². The van der Waals surface area contributed by atoms with Gasteiger partial charge in [0.15, 0.2) is 11.5 Å². The topological polar surface area (TPSA) is 56.5 Å². The van der Waals surface area contributed by atoms with E-state index in [9.17, 15) is 0 Å². The minimum Gasteiger partial charge on any atom is -0.486 e. The van der Waals surface area contributed by atoms with Crippen molar-refractivity contribution < 1.29 is 9.47 Å². The van der Waals surface area contributed by atoms with Crippen LogP contribution in [-0.2, 0) is 0 Å². The lowest BCUT2D eigenvalue weighted by molar-refractivity contribution is 0.171. The number of benzene rings is 1. The Balaban J connectivity index is 1.55. The summed E-state index contributed by atoms with van der Waals surface area (Å²) in [4.78, 5) is 0. The third kappa shape index (κ3) is 3.13. The van der Waals surface area contributed by atoms with E-state index in [2.05, 4.69) is 11.4 Å². The van der Waals surface area contributed by atoms with E-state index in [1.807, 2.05) is 12.1 Å². The van der Waals surface area contributed by atoms with Gasteiger partial charge in [-0.3, -0.25) is 0 Å². The first-order chi connectivity index (χ1) is 9.31. The van der Waals surface area contributed by atoms with Gasteiger partial charge in [0, 0.05) is 24.3 Å². The Morgan fingerprint density at radius 3 is 2.58 bits per heavy atom. The van der Waals surface area contributed by atoms with Crippen LogP contribution in [0.4, 0.5) is 5.69 Å². The third-order valence-corrected chi connectivity index (χ3v) is 4.03. The molecule has 0 spiro atoms. The molecule has 104 valence electrons. The highest BCUT2D eigenvalue weighted by atomic mass is 16.6. The van der Waals surface area contributed by atoms with Crippen LogP contribution in [0.15, 0.2) is 18.2 Å². The molecule has 0 radical (unpaired) electrons. The Labute approximate surface area is 114 Å². The lowest BCUT2D eigenvalue weighted by atomic mass is 9.86. The number of anilines is 1. The van der Waals surface area contributed by atoms with E-state index in [0.29, 0.717) is 19.3 Å². The van der Waals surface area contributed by atoms with Crippen molar-refractivity contribution in [1.29, 1.82) is 0 Å². The fourth-order valence-corrected chi connectivity index (χ4v) is 2.81. The smallest absolute Gasteiger partial charge is 0.163 e. The molecule has 4 nitrogen and oxygen atoms in total. The van der Waals surface area contributed by atoms with Crippen molar-refractivity contribution in [2.24, 2.45) is 11.7 Å². The van der Waals surface area contributed by atoms with Crippen LogP contribution >= 0.6 is 0 Å². The van der Waals surface area contributed by atoms with Gasteiger partial charge in [-0.25, -0.2) is 0 Å². The first-order valence-electron chi connectivity index (χ1n) is 7.20. The van der Waals surface area contributed by atoms with Crippen LogP contribution in [0.2, 0.25) is 0 Å². The Morgan fingerprint density at radius 1 is 1.05 bits per heavy atom. The fourth-order valence-electron chi connectivity index (χ4n) is 2.81. The molecular weight excluding hydrogens is 240 g/mol. The average molecular weight is 262 g/mol. The maximum Gasteiger partial charge on any atom is 0.163 e. The van der Waals surface area contributed by atoms with Gasteiger partial charge in [0.05, 0.1) is 0 Å². The number of ether oxygens (including phenoxy) is 2. The van der Waals surface area contributed by atoms with E-state index in [1.165, 1.54) is 12.8 Å². The predicted molar refractivity (Wildman–Crippen MR) is 75.9 cm³/mol. The summed E-state index contributed by atoms with van der Waals surface area (Å²) >= 11 is 0. The summed E-state index contributed by atoms with van der Waals surface area (Å²) in [6.07, 6.45) is 4.79.